The van der Waals surface area contributed by atoms with E-state index >= 15 is 0 Å². The van der Waals surface area contributed by atoms with Gasteiger partial charge in [0, 0.05) is 23.2 Å². The summed E-state index contributed by atoms with van der Waals surface area (Å²) in [7, 11) is 0. The first-order valence-corrected chi connectivity index (χ1v) is 9.14. The number of aromatic amines is 1. The average Bonchev–Trinajstić information content (AvgIpc) is 2.77. The predicted octanol–water partition coefficient (Wildman–Crippen LogP) is 2.75. The SMILES string of the molecule is Nc1c(C(=O)NNC(=O)c2c[nH]c3c(C(F)(F)F)cccc3c2=O)cnc2ccccc12. The number of anilines is 1. The summed E-state index contributed by atoms with van der Waals surface area (Å²) >= 11 is 0. The summed E-state index contributed by atoms with van der Waals surface area (Å²) in [4.78, 5) is 43.9. The molecule has 0 atom stereocenters. The van der Waals surface area contributed by atoms with Crippen LogP contribution in [0.2, 0.25) is 0 Å². The molecule has 0 spiro atoms. The molecule has 0 aliphatic heterocycles. The smallest absolute Gasteiger partial charge is 0.397 e. The highest BCUT2D eigenvalue weighted by molar-refractivity contribution is 6.07. The van der Waals surface area contributed by atoms with Crippen LogP contribution in [0.4, 0.5) is 18.9 Å². The third kappa shape index (κ3) is 3.60. The Kier molecular flexibility index (Phi) is 5.01. The minimum absolute atomic E-state index is 0.00811. The summed E-state index contributed by atoms with van der Waals surface area (Å²) in [5, 5.41) is 0.222. The van der Waals surface area contributed by atoms with Crippen molar-refractivity contribution >= 4 is 39.3 Å². The zero-order chi connectivity index (χ0) is 23.0. The van der Waals surface area contributed by atoms with Crippen LogP contribution in [0.1, 0.15) is 26.3 Å². The summed E-state index contributed by atoms with van der Waals surface area (Å²) in [5.41, 5.74) is 8.01. The van der Waals surface area contributed by atoms with Gasteiger partial charge in [-0.1, -0.05) is 24.3 Å². The van der Waals surface area contributed by atoms with E-state index in [9.17, 15) is 27.6 Å². The lowest BCUT2D eigenvalue weighted by atomic mass is 10.1. The van der Waals surface area contributed by atoms with Gasteiger partial charge >= 0.3 is 6.18 Å². The van der Waals surface area contributed by atoms with Gasteiger partial charge in [-0.05, 0) is 18.2 Å². The molecular formula is C21H14F3N5O3. The van der Waals surface area contributed by atoms with E-state index in [2.05, 4.69) is 20.8 Å². The fraction of sp³-hybridized carbons (Fsp3) is 0.0476. The molecule has 0 saturated carbocycles. The number of carbonyl (C=O) groups is 2. The molecule has 32 heavy (non-hydrogen) atoms. The van der Waals surface area contributed by atoms with Crippen molar-refractivity contribution < 1.29 is 22.8 Å². The summed E-state index contributed by atoms with van der Waals surface area (Å²) in [5.74, 6) is -1.81. The number of nitrogens with one attached hydrogen (secondary N) is 3. The Bertz CT molecular complexity index is 1450. The number of aromatic nitrogens is 2. The maximum atomic E-state index is 13.1. The molecule has 2 heterocycles. The number of amides is 2. The first kappa shape index (κ1) is 20.8. The van der Waals surface area contributed by atoms with Crippen LogP contribution in [0, 0.1) is 0 Å². The Hall–Kier alpha value is -4.41. The Balaban J connectivity index is 1.58. The summed E-state index contributed by atoms with van der Waals surface area (Å²) in [6.45, 7) is 0. The van der Waals surface area contributed by atoms with E-state index in [1.165, 1.54) is 12.3 Å². The Labute approximate surface area is 177 Å². The zero-order valence-corrected chi connectivity index (χ0v) is 16.1. The highest BCUT2D eigenvalue weighted by Crippen LogP contribution is 2.33. The lowest BCUT2D eigenvalue weighted by molar-refractivity contribution is -0.136. The normalized spacial score (nSPS) is 11.5. The van der Waals surface area contributed by atoms with Crippen LogP contribution >= 0.6 is 0 Å². The van der Waals surface area contributed by atoms with Crippen molar-refractivity contribution in [3.8, 4) is 0 Å². The molecule has 2 aromatic heterocycles. The third-order valence-electron chi connectivity index (χ3n) is 4.82. The molecule has 0 aliphatic carbocycles. The van der Waals surface area contributed by atoms with Gasteiger partial charge in [-0.25, -0.2) is 0 Å². The molecule has 162 valence electrons. The summed E-state index contributed by atoms with van der Waals surface area (Å²) in [6.07, 6.45) is -2.60. The topological polar surface area (TPSA) is 130 Å². The average molecular weight is 441 g/mol. The molecule has 4 aromatic rings. The van der Waals surface area contributed by atoms with Gasteiger partial charge in [0.1, 0.15) is 5.56 Å². The van der Waals surface area contributed by atoms with Crippen molar-refractivity contribution in [3.63, 3.8) is 0 Å². The van der Waals surface area contributed by atoms with Crippen molar-refractivity contribution in [2.24, 2.45) is 0 Å². The van der Waals surface area contributed by atoms with Crippen LogP contribution in [0.25, 0.3) is 21.8 Å². The van der Waals surface area contributed by atoms with Crippen LogP contribution in [0.5, 0.6) is 0 Å². The number of nitrogens with zero attached hydrogens (tertiary/aromatic N) is 1. The molecule has 0 aliphatic rings. The number of rotatable bonds is 2. The first-order valence-electron chi connectivity index (χ1n) is 9.14. The molecule has 4 rings (SSSR count). The van der Waals surface area contributed by atoms with Gasteiger partial charge in [0.25, 0.3) is 11.8 Å². The number of pyridine rings is 2. The maximum Gasteiger partial charge on any atom is 0.418 e. The van der Waals surface area contributed by atoms with E-state index in [-0.39, 0.29) is 16.6 Å². The van der Waals surface area contributed by atoms with Gasteiger partial charge in [0.2, 0.25) is 5.43 Å². The molecule has 0 radical (unpaired) electrons. The second-order valence-corrected chi connectivity index (χ2v) is 6.77. The van der Waals surface area contributed by atoms with Crippen LogP contribution in [-0.2, 0) is 6.18 Å². The van der Waals surface area contributed by atoms with Crippen molar-refractivity contribution in [3.05, 3.63) is 81.8 Å². The molecule has 5 N–H and O–H groups in total. The summed E-state index contributed by atoms with van der Waals surface area (Å²) < 4.78 is 39.4. The van der Waals surface area contributed by atoms with Crippen LogP contribution in [0.3, 0.4) is 0 Å². The molecule has 2 aromatic carbocycles. The number of nitrogens with two attached hydrogens (primary N) is 1. The monoisotopic (exact) mass is 441 g/mol. The van der Waals surface area contributed by atoms with E-state index in [0.29, 0.717) is 10.9 Å². The molecule has 11 heteroatoms. The van der Waals surface area contributed by atoms with Gasteiger partial charge < -0.3 is 10.7 Å². The van der Waals surface area contributed by atoms with E-state index in [1.807, 2.05) is 0 Å². The number of hydrogen-bond acceptors (Lipinski definition) is 5. The lowest BCUT2D eigenvalue weighted by Gasteiger charge is -2.12. The number of fused-ring (bicyclic) bond motifs is 2. The van der Waals surface area contributed by atoms with Gasteiger partial charge in [0.15, 0.2) is 0 Å². The highest BCUT2D eigenvalue weighted by Gasteiger charge is 2.33. The van der Waals surface area contributed by atoms with E-state index in [1.54, 1.807) is 24.3 Å². The third-order valence-corrected chi connectivity index (χ3v) is 4.82. The lowest BCUT2D eigenvalue weighted by Crippen LogP contribution is -2.43. The number of H-pyrrole nitrogens is 1. The molecule has 0 saturated heterocycles. The Morgan fingerprint density at radius 2 is 1.59 bits per heavy atom. The fourth-order valence-corrected chi connectivity index (χ4v) is 3.25. The largest absolute Gasteiger partial charge is 0.418 e. The number of halogens is 3. The van der Waals surface area contributed by atoms with Gasteiger partial charge in [-0.2, -0.15) is 13.2 Å². The number of benzene rings is 2. The van der Waals surface area contributed by atoms with Crippen LogP contribution in [-0.4, -0.2) is 21.8 Å². The summed E-state index contributed by atoms with van der Waals surface area (Å²) in [6, 6.07) is 9.93. The van der Waals surface area contributed by atoms with E-state index < -0.39 is 40.1 Å². The van der Waals surface area contributed by atoms with E-state index in [0.717, 1.165) is 18.3 Å². The van der Waals surface area contributed by atoms with Crippen molar-refractivity contribution in [2.75, 3.05) is 5.73 Å². The quantitative estimate of drug-likeness (QED) is 0.356. The number of nitrogen functional groups attached to an aromatic ring is 1. The molecule has 8 nitrogen and oxygen atoms in total. The predicted molar refractivity (Wildman–Crippen MR) is 111 cm³/mol. The van der Waals surface area contributed by atoms with Crippen molar-refractivity contribution in [2.45, 2.75) is 6.18 Å². The fourth-order valence-electron chi connectivity index (χ4n) is 3.25. The minimum atomic E-state index is -4.69. The van der Waals surface area contributed by atoms with Crippen LogP contribution < -0.4 is 22.0 Å². The number of carbonyl (C=O) groups excluding carboxylic acids is 2. The van der Waals surface area contributed by atoms with Gasteiger partial charge in [-0.3, -0.25) is 30.2 Å². The first-order chi connectivity index (χ1) is 15.2. The zero-order valence-electron chi connectivity index (χ0n) is 16.1. The molecular weight excluding hydrogens is 427 g/mol. The Morgan fingerprint density at radius 1 is 0.938 bits per heavy atom. The minimum Gasteiger partial charge on any atom is -0.397 e. The molecule has 0 bridgehead atoms. The standard InChI is InChI=1S/C21H14F3N5O3/c22-21(23,24)14-6-3-5-11-17(14)27-9-13(18(11)30)20(32)29-28-19(31)12-8-26-15-7-2-1-4-10(15)16(12)25/h1-9H,(H2,25,26)(H,27,30)(H,28,31)(H,29,32). The van der Waals surface area contributed by atoms with Gasteiger partial charge in [-0.15, -0.1) is 0 Å². The van der Waals surface area contributed by atoms with Gasteiger partial charge in [0.05, 0.1) is 27.8 Å². The van der Waals surface area contributed by atoms with Crippen molar-refractivity contribution in [1.29, 1.82) is 0 Å². The number of para-hydroxylation sites is 2. The molecule has 0 unspecified atom stereocenters. The van der Waals surface area contributed by atoms with E-state index in [4.69, 9.17) is 5.73 Å². The molecule has 0 fully saturated rings. The number of alkyl halides is 3. The highest BCUT2D eigenvalue weighted by atomic mass is 19.4. The van der Waals surface area contributed by atoms with Crippen molar-refractivity contribution in [1.82, 2.24) is 20.8 Å². The maximum absolute atomic E-state index is 13.1. The Morgan fingerprint density at radius 3 is 2.31 bits per heavy atom. The second kappa shape index (κ2) is 7.69. The second-order valence-electron chi connectivity index (χ2n) is 6.77. The van der Waals surface area contributed by atoms with Crippen LogP contribution in [0.15, 0.2) is 59.7 Å². The number of hydrazine groups is 1. The molecule has 2 amide bonds. The number of hydrogen-bond donors (Lipinski definition) is 4.